The van der Waals surface area contributed by atoms with E-state index in [-0.39, 0.29) is 18.6 Å². The number of hydrogen-bond acceptors (Lipinski definition) is 11. The van der Waals surface area contributed by atoms with Gasteiger partial charge in [0.15, 0.2) is 11.2 Å². The summed E-state index contributed by atoms with van der Waals surface area (Å²) in [6.45, 7) is -0.0364. The molecule has 2 aromatic rings. The van der Waals surface area contributed by atoms with Crippen molar-refractivity contribution in [3.63, 3.8) is 0 Å². The normalized spacial score (nSPS) is 22.4. The second-order valence-corrected chi connectivity index (χ2v) is 10.9. The predicted octanol–water partition coefficient (Wildman–Crippen LogP) is 0.255. The van der Waals surface area contributed by atoms with Gasteiger partial charge in [0.05, 0.1) is 31.5 Å². The number of phosphoric acid groups is 3. The third-order valence-corrected chi connectivity index (χ3v) is 7.94. The molecule has 3 heterocycles. The molecular formula is C13H25N4O13P3. The fourth-order valence-electron chi connectivity index (χ4n) is 2.93. The molecule has 0 saturated carbocycles. The van der Waals surface area contributed by atoms with Gasteiger partial charge in [0.2, 0.25) is 0 Å². The van der Waals surface area contributed by atoms with Gasteiger partial charge in [0.1, 0.15) is 0 Å². The Balaban J connectivity index is 0.00000188. The average Bonchev–Trinajstić information content (AvgIpc) is 3.31. The van der Waals surface area contributed by atoms with Crippen molar-refractivity contribution in [2.75, 3.05) is 13.7 Å². The highest BCUT2D eigenvalue weighted by Crippen LogP contribution is 2.66. The molecule has 6 N–H and O–H groups in total. The summed E-state index contributed by atoms with van der Waals surface area (Å²) in [6, 6.07) is 0. The quantitative estimate of drug-likeness (QED) is 0.222. The van der Waals surface area contributed by atoms with Crippen molar-refractivity contribution < 1.29 is 57.7 Å². The number of ether oxygens (including phenoxy) is 1. The van der Waals surface area contributed by atoms with Crippen LogP contribution in [0.25, 0.3) is 11.2 Å². The zero-order chi connectivity index (χ0) is 24.9. The van der Waals surface area contributed by atoms with Crippen LogP contribution in [-0.4, -0.2) is 70.1 Å². The lowest BCUT2D eigenvalue weighted by Gasteiger charge is -2.18. The summed E-state index contributed by atoms with van der Waals surface area (Å²) in [5.74, 6) is 0. The minimum absolute atomic E-state index is 0. The highest BCUT2D eigenvalue weighted by Gasteiger charge is 2.41. The van der Waals surface area contributed by atoms with Crippen LogP contribution in [0.5, 0.6) is 0 Å². The molecule has 3 rings (SSSR count). The maximum absolute atomic E-state index is 11.7. The Kier molecular flexibility index (Phi) is 9.65. The first-order valence-electron chi connectivity index (χ1n) is 9.11. The van der Waals surface area contributed by atoms with Gasteiger partial charge in [-0.25, -0.2) is 23.7 Å². The van der Waals surface area contributed by atoms with E-state index in [1.54, 1.807) is 4.57 Å². The fourth-order valence-corrected chi connectivity index (χ4v) is 5.98. The summed E-state index contributed by atoms with van der Waals surface area (Å²) in [5.41, 5.74) is 0.280. The molecule has 1 fully saturated rings. The Bertz CT molecular complexity index is 1140. The number of aliphatic hydroxyl groups is 1. The number of fused-ring (bicyclic) bond motifs is 1. The van der Waals surface area contributed by atoms with Crippen molar-refractivity contribution >= 4 is 34.6 Å². The highest BCUT2D eigenvalue weighted by molar-refractivity contribution is 7.66. The lowest BCUT2D eigenvalue weighted by molar-refractivity contribution is 0.00629. The van der Waals surface area contributed by atoms with E-state index in [2.05, 4.69) is 28.1 Å². The van der Waals surface area contributed by atoms with Gasteiger partial charge in [-0.15, -0.1) is 0 Å². The largest absolute Gasteiger partial charge is 0.490 e. The van der Waals surface area contributed by atoms with E-state index in [1.165, 1.54) is 12.7 Å². The van der Waals surface area contributed by atoms with E-state index in [9.17, 15) is 23.4 Å². The van der Waals surface area contributed by atoms with E-state index in [0.717, 1.165) is 7.11 Å². The van der Waals surface area contributed by atoms with Gasteiger partial charge in [-0.1, -0.05) is 0 Å². The molecule has 0 aliphatic carbocycles. The summed E-state index contributed by atoms with van der Waals surface area (Å²) in [7, 11) is -15.2. The summed E-state index contributed by atoms with van der Waals surface area (Å²) in [5, 5.41) is 7.00. The number of nitrogens with one attached hydrogen (secondary N) is 1. The fraction of sp³-hybridized carbons (Fsp3) is 0.615. The van der Waals surface area contributed by atoms with Crippen LogP contribution < -0.4 is 5.56 Å². The minimum Gasteiger partial charge on any atom is -0.400 e. The molecule has 33 heavy (non-hydrogen) atoms. The summed E-state index contributed by atoms with van der Waals surface area (Å²) < 4.78 is 52.8. The van der Waals surface area contributed by atoms with Crippen LogP contribution in [0, 0.1) is 0 Å². The molecule has 17 nitrogen and oxygen atoms in total. The Labute approximate surface area is 187 Å². The molecule has 0 bridgehead atoms. The maximum Gasteiger partial charge on any atom is 0.490 e. The second kappa shape index (κ2) is 11.4. The molecule has 1 aliphatic heterocycles. The molecular weight excluding hydrogens is 513 g/mol. The molecule has 2 unspecified atom stereocenters. The molecule has 1 aliphatic rings. The number of H-pyrrole nitrogens is 1. The van der Waals surface area contributed by atoms with Gasteiger partial charge in [0.25, 0.3) is 5.56 Å². The first kappa shape index (κ1) is 27.9. The molecule has 4 atom stereocenters. The molecule has 0 amide bonds. The lowest BCUT2D eigenvalue weighted by atomic mass is 10.1. The van der Waals surface area contributed by atoms with Crippen molar-refractivity contribution in [2.45, 2.75) is 38.0 Å². The van der Waals surface area contributed by atoms with Gasteiger partial charge in [-0.3, -0.25) is 9.32 Å². The van der Waals surface area contributed by atoms with E-state index < -0.39 is 36.2 Å². The number of imidazole rings is 1. The van der Waals surface area contributed by atoms with Crippen LogP contribution in [0.15, 0.2) is 17.4 Å². The van der Waals surface area contributed by atoms with E-state index in [0.29, 0.717) is 31.5 Å². The number of aromatic amines is 1. The van der Waals surface area contributed by atoms with Crippen LogP contribution >= 0.6 is 23.5 Å². The summed E-state index contributed by atoms with van der Waals surface area (Å²) in [4.78, 5) is 57.7. The van der Waals surface area contributed by atoms with Gasteiger partial charge in [0, 0.05) is 15.1 Å². The molecule has 190 valence electrons. The smallest absolute Gasteiger partial charge is 0.400 e. The van der Waals surface area contributed by atoms with Crippen molar-refractivity contribution in [2.24, 2.45) is 0 Å². The first-order valence-corrected chi connectivity index (χ1v) is 13.6. The molecule has 20 heteroatoms. The van der Waals surface area contributed by atoms with Gasteiger partial charge >= 0.3 is 23.5 Å². The van der Waals surface area contributed by atoms with Gasteiger partial charge < -0.3 is 39.0 Å². The molecule has 0 aromatic carbocycles. The average molecular weight is 538 g/mol. The van der Waals surface area contributed by atoms with Crippen molar-refractivity contribution in [1.29, 1.82) is 0 Å². The highest BCUT2D eigenvalue weighted by atomic mass is 31.3. The molecule has 0 spiro atoms. The van der Waals surface area contributed by atoms with Crippen LogP contribution in [0.4, 0.5) is 0 Å². The second-order valence-electron chi connectivity index (χ2n) is 6.47. The maximum atomic E-state index is 11.7. The number of aryl methyl sites for hydroxylation is 1. The van der Waals surface area contributed by atoms with Gasteiger partial charge in [-0.2, -0.15) is 8.62 Å². The van der Waals surface area contributed by atoms with E-state index >= 15 is 0 Å². The standard InChI is InChI=1S/C12H19N4O12P3.CH4O.H2/c17-12-10-11(13-6-14-12)16(7-15-10)4-3-8-1-2-9(26-8)5-25-30(21,22)28-31(23,24)27-29(18,19)20;1-2;/h6-9H,1-5H2,(H,21,22)(H,23,24)(H,13,14,17)(H2,18,19,20);2H,1H3;1H/t8-,9+;;/m1../s1. The van der Waals surface area contributed by atoms with Gasteiger partial charge in [-0.05, 0) is 19.3 Å². The topological polar surface area (TPSA) is 253 Å². The number of rotatable bonds is 10. The monoisotopic (exact) mass is 538 g/mol. The van der Waals surface area contributed by atoms with E-state index in [1.807, 2.05) is 0 Å². The van der Waals surface area contributed by atoms with Crippen LogP contribution in [-0.2, 0) is 38.1 Å². The van der Waals surface area contributed by atoms with Crippen LogP contribution in [0.3, 0.4) is 0 Å². The van der Waals surface area contributed by atoms with Crippen LogP contribution in [0.2, 0.25) is 0 Å². The van der Waals surface area contributed by atoms with E-state index in [4.69, 9.17) is 24.5 Å². The molecule has 2 aromatic heterocycles. The Hall–Kier alpha value is -1.32. The summed E-state index contributed by atoms with van der Waals surface area (Å²) in [6.07, 6.45) is 3.44. The minimum atomic E-state index is -5.55. The van der Waals surface area contributed by atoms with Crippen molar-refractivity contribution in [1.82, 2.24) is 19.5 Å². The third-order valence-electron chi connectivity index (χ3n) is 4.13. The third kappa shape index (κ3) is 8.76. The predicted molar refractivity (Wildman–Crippen MR) is 111 cm³/mol. The number of phosphoric ester groups is 1. The van der Waals surface area contributed by atoms with Crippen molar-refractivity contribution in [3.8, 4) is 0 Å². The molecule has 0 radical (unpaired) electrons. The Morgan fingerprint density at radius 3 is 2.45 bits per heavy atom. The number of aliphatic hydroxyl groups excluding tert-OH is 1. The summed E-state index contributed by atoms with van der Waals surface area (Å²) >= 11 is 0. The lowest BCUT2D eigenvalue weighted by Crippen LogP contribution is -2.18. The first-order chi connectivity index (χ1) is 15.3. The number of hydrogen-bond donors (Lipinski definition) is 6. The Morgan fingerprint density at radius 2 is 1.79 bits per heavy atom. The number of aromatic nitrogens is 4. The van der Waals surface area contributed by atoms with Crippen molar-refractivity contribution in [3.05, 3.63) is 23.0 Å². The number of nitrogens with zero attached hydrogens (tertiary/aromatic N) is 3. The molecule has 1 saturated heterocycles. The zero-order valence-electron chi connectivity index (χ0n) is 17.0. The zero-order valence-corrected chi connectivity index (χ0v) is 19.7. The Morgan fingerprint density at radius 1 is 1.12 bits per heavy atom. The van der Waals surface area contributed by atoms with Crippen LogP contribution in [0.1, 0.15) is 20.7 Å². The SMILES string of the molecule is CO.O=c1[nH]cnc2c1ncn2CC[C@H]1CC[C@@H](COP(=O)(O)OP(=O)(O)OP(=O)(O)O)O1.[HH].